The summed E-state index contributed by atoms with van der Waals surface area (Å²) in [5.74, 6) is 0. The van der Waals surface area contributed by atoms with E-state index in [0.717, 1.165) is 6.26 Å². The molecule has 0 radical (unpaired) electrons. The molecule has 0 aromatic carbocycles. The van der Waals surface area contributed by atoms with Crippen molar-refractivity contribution in [2.24, 2.45) is 0 Å². The molecular formula is C6H5ClN4O2S. The third-order valence-corrected chi connectivity index (χ3v) is 2.62. The number of hydrogen-bond acceptors (Lipinski definition) is 5. The van der Waals surface area contributed by atoms with Gasteiger partial charge in [-0.05, 0) is 11.6 Å². The number of halogens is 1. The van der Waals surface area contributed by atoms with Crippen LogP contribution in [0.4, 0.5) is 0 Å². The van der Waals surface area contributed by atoms with E-state index in [1.165, 1.54) is 6.20 Å². The fourth-order valence-electron chi connectivity index (χ4n) is 0.940. The van der Waals surface area contributed by atoms with Crippen LogP contribution in [-0.2, 0) is 9.84 Å². The van der Waals surface area contributed by atoms with Crippen LogP contribution >= 0.6 is 11.6 Å². The number of aromatic amines is 1. The molecule has 0 aliphatic carbocycles. The summed E-state index contributed by atoms with van der Waals surface area (Å²) in [6, 6.07) is 0. The number of hydrogen-bond donors (Lipinski definition) is 1. The average Bonchev–Trinajstić information content (AvgIpc) is 2.45. The summed E-state index contributed by atoms with van der Waals surface area (Å²) in [5, 5.41) is -0.104. The van der Waals surface area contributed by atoms with Crippen molar-refractivity contribution in [3.05, 3.63) is 11.5 Å². The van der Waals surface area contributed by atoms with Crippen LogP contribution in [0.3, 0.4) is 0 Å². The van der Waals surface area contributed by atoms with Crippen molar-refractivity contribution in [1.29, 1.82) is 0 Å². The van der Waals surface area contributed by atoms with Crippen LogP contribution in [0, 0.1) is 0 Å². The SMILES string of the molecule is CS(=O)(=O)c1nc2nc(Cl)ncc2[nH]1. The Kier molecular flexibility index (Phi) is 1.93. The molecule has 2 heterocycles. The van der Waals surface area contributed by atoms with Crippen LogP contribution in [0.1, 0.15) is 0 Å². The van der Waals surface area contributed by atoms with E-state index >= 15 is 0 Å². The number of sulfone groups is 1. The van der Waals surface area contributed by atoms with Crippen molar-refractivity contribution in [3.8, 4) is 0 Å². The van der Waals surface area contributed by atoms with Crippen molar-refractivity contribution < 1.29 is 8.42 Å². The molecule has 0 saturated carbocycles. The van der Waals surface area contributed by atoms with Gasteiger partial charge in [-0.1, -0.05) is 0 Å². The molecule has 0 saturated heterocycles. The van der Waals surface area contributed by atoms with Gasteiger partial charge in [0, 0.05) is 6.26 Å². The predicted molar refractivity (Wildman–Crippen MR) is 49.8 cm³/mol. The molecular weight excluding hydrogens is 228 g/mol. The van der Waals surface area contributed by atoms with Gasteiger partial charge >= 0.3 is 0 Å². The van der Waals surface area contributed by atoms with Gasteiger partial charge in [0.15, 0.2) is 5.65 Å². The molecule has 0 atom stereocenters. The number of fused-ring (bicyclic) bond motifs is 1. The Hall–Kier alpha value is -1.21. The summed E-state index contributed by atoms with van der Waals surface area (Å²) in [6.45, 7) is 0. The molecule has 1 N–H and O–H groups in total. The zero-order valence-corrected chi connectivity index (χ0v) is 8.59. The fraction of sp³-hybridized carbons (Fsp3) is 0.167. The summed E-state index contributed by atoms with van der Waals surface area (Å²) < 4.78 is 22.2. The second-order valence-corrected chi connectivity index (χ2v) is 4.96. The van der Waals surface area contributed by atoms with Gasteiger partial charge in [0.2, 0.25) is 20.3 Å². The van der Waals surface area contributed by atoms with E-state index in [2.05, 4.69) is 19.9 Å². The molecule has 8 heteroatoms. The van der Waals surface area contributed by atoms with E-state index in [9.17, 15) is 8.42 Å². The minimum absolute atomic E-state index is 0.0315. The summed E-state index contributed by atoms with van der Waals surface area (Å²) in [6.07, 6.45) is 2.44. The molecule has 0 fully saturated rings. The van der Waals surface area contributed by atoms with Crippen molar-refractivity contribution in [1.82, 2.24) is 19.9 Å². The highest BCUT2D eigenvalue weighted by atomic mass is 35.5. The lowest BCUT2D eigenvalue weighted by Crippen LogP contribution is -1.98. The topological polar surface area (TPSA) is 88.6 Å². The lowest BCUT2D eigenvalue weighted by molar-refractivity contribution is 0.595. The summed E-state index contributed by atoms with van der Waals surface area (Å²) in [4.78, 5) is 13.8. The fourth-order valence-corrected chi connectivity index (χ4v) is 1.62. The minimum atomic E-state index is -3.36. The summed E-state index contributed by atoms with van der Waals surface area (Å²) in [7, 11) is -3.36. The molecule has 0 bridgehead atoms. The van der Waals surface area contributed by atoms with Gasteiger partial charge in [-0.3, -0.25) is 0 Å². The first kappa shape index (κ1) is 9.35. The van der Waals surface area contributed by atoms with Crippen LogP contribution in [0.15, 0.2) is 11.4 Å². The van der Waals surface area contributed by atoms with Crippen LogP contribution in [0.25, 0.3) is 11.2 Å². The van der Waals surface area contributed by atoms with E-state index in [4.69, 9.17) is 11.6 Å². The molecule has 0 aliphatic heterocycles. The molecule has 2 rings (SSSR count). The van der Waals surface area contributed by atoms with E-state index < -0.39 is 9.84 Å². The zero-order chi connectivity index (χ0) is 10.3. The molecule has 0 unspecified atom stereocenters. The number of H-pyrrole nitrogens is 1. The van der Waals surface area contributed by atoms with Gasteiger partial charge in [-0.15, -0.1) is 0 Å². The third-order valence-electron chi connectivity index (χ3n) is 1.54. The first-order valence-electron chi connectivity index (χ1n) is 3.55. The smallest absolute Gasteiger partial charge is 0.227 e. The monoisotopic (exact) mass is 232 g/mol. The maximum Gasteiger partial charge on any atom is 0.227 e. The highest BCUT2D eigenvalue weighted by molar-refractivity contribution is 7.90. The third kappa shape index (κ3) is 1.55. The van der Waals surface area contributed by atoms with Gasteiger partial charge < -0.3 is 4.98 Å². The standard InChI is InChI=1S/C6H5ClN4O2S/c1-14(12,13)6-9-3-2-8-5(7)10-4(3)11-6/h2H,1H3,(H,8,9,10,11). The van der Waals surface area contributed by atoms with Crippen LogP contribution in [0.5, 0.6) is 0 Å². The Labute approximate surface area is 84.3 Å². The minimum Gasteiger partial charge on any atom is -0.326 e. The van der Waals surface area contributed by atoms with Gasteiger partial charge in [-0.25, -0.2) is 13.4 Å². The molecule has 2 aromatic heterocycles. The van der Waals surface area contributed by atoms with Gasteiger partial charge in [-0.2, -0.15) is 9.97 Å². The Balaban J connectivity index is 2.75. The van der Waals surface area contributed by atoms with Crippen LogP contribution < -0.4 is 0 Å². The number of nitrogens with zero attached hydrogens (tertiary/aromatic N) is 3. The largest absolute Gasteiger partial charge is 0.326 e. The molecule has 0 amide bonds. The van der Waals surface area contributed by atoms with Crippen LogP contribution in [-0.4, -0.2) is 34.6 Å². The summed E-state index contributed by atoms with van der Waals surface area (Å²) in [5.41, 5.74) is 0.681. The lowest BCUT2D eigenvalue weighted by Gasteiger charge is -1.86. The number of imidazole rings is 1. The second-order valence-electron chi connectivity index (χ2n) is 2.69. The second kappa shape index (κ2) is 2.89. The van der Waals surface area contributed by atoms with Crippen molar-refractivity contribution in [2.75, 3.05) is 6.26 Å². The molecule has 74 valence electrons. The Morgan fingerprint density at radius 1 is 1.43 bits per heavy atom. The van der Waals surface area contributed by atoms with Gasteiger partial charge in [0.1, 0.15) is 5.52 Å². The maximum atomic E-state index is 11.1. The van der Waals surface area contributed by atoms with Gasteiger partial charge in [0.05, 0.1) is 6.20 Å². The molecule has 6 nitrogen and oxygen atoms in total. The Morgan fingerprint density at radius 2 is 2.14 bits per heavy atom. The molecule has 0 spiro atoms. The van der Waals surface area contributed by atoms with Crippen molar-refractivity contribution in [2.45, 2.75) is 5.16 Å². The number of nitrogens with one attached hydrogen (secondary N) is 1. The Morgan fingerprint density at radius 3 is 2.79 bits per heavy atom. The Bertz CT molecular complexity index is 591. The normalized spacial score (nSPS) is 12.1. The predicted octanol–water partition coefficient (Wildman–Crippen LogP) is 0.410. The van der Waals surface area contributed by atoms with E-state index in [1.54, 1.807) is 0 Å². The molecule has 14 heavy (non-hydrogen) atoms. The molecule has 2 aromatic rings. The number of aromatic nitrogens is 4. The summed E-state index contributed by atoms with van der Waals surface area (Å²) >= 11 is 5.52. The van der Waals surface area contributed by atoms with Gasteiger partial charge in [0.25, 0.3) is 0 Å². The maximum absolute atomic E-state index is 11.1. The van der Waals surface area contributed by atoms with E-state index in [-0.39, 0.29) is 16.1 Å². The first-order valence-corrected chi connectivity index (χ1v) is 5.82. The average molecular weight is 233 g/mol. The van der Waals surface area contributed by atoms with E-state index in [1.807, 2.05) is 0 Å². The zero-order valence-electron chi connectivity index (χ0n) is 7.02. The highest BCUT2D eigenvalue weighted by Gasteiger charge is 2.13. The van der Waals surface area contributed by atoms with Crippen LogP contribution in [0.2, 0.25) is 5.28 Å². The van der Waals surface area contributed by atoms with Crippen molar-refractivity contribution in [3.63, 3.8) is 0 Å². The van der Waals surface area contributed by atoms with E-state index in [0.29, 0.717) is 5.52 Å². The number of rotatable bonds is 1. The quantitative estimate of drug-likeness (QED) is 0.720. The highest BCUT2D eigenvalue weighted by Crippen LogP contribution is 2.12. The lowest BCUT2D eigenvalue weighted by atomic mass is 10.6. The molecule has 0 aliphatic rings. The van der Waals surface area contributed by atoms with Crippen molar-refractivity contribution >= 4 is 32.6 Å². The first-order chi connectivity index (χ1) is 6.47.